The van der Waals surface area contributed by atoms with Crippen LogP contribution in [-0.2, 0) is 9.59 Å². The lowest BCUT2D eigenvalue weighted by Gasteiger charge is -2.14. The van der Waals surface area contributed by atoms with E-state index in [-0.39, 0.29) is 17.0 Å². The number of carbonyl (C=O) groups excluding carboxylic acids is 1. The maximum Gasteiger partial charge on any atom is 0.326 e. The molecule has 3 N–H and O–H groups in total. The first-order valence-corrected chi connectivity index (χ1v) is 5.89. The second-order valence-corrected chi connectivity index (χ2v) is 4.33. The number of carboxylic acids is 2. The van der Waals surface area contributed by atoms with Gasteiger partial charge in [0.2, 0.25) is 0 Å². The van der Waals surface area contributed by atoms with Gasteiger partial charge in [-0.25, -0.2) is 9.18 Å². The zero-order valence-electron chi connectivity index (χ0n) is 10.1. The van der Waals surface area contributed by atoms with Crippen molar-refractivity contribution in [2.75, 3.05) is 0 Å². The molecule has 6 nitrogen and oxygen atoms in total. The number of halogens is 2. The van der Waals surface area contributed by atoms with Gasteiger partial charge in [0.25, 0.3) is 5.91 Å². The second kappa shape index (κ2) is 6.85. The third kappa shape index (κ3) is 4.51. The Morgan fingerprint density at radius 1 is 1.30 bits per heavy atom. The van der Waals surface area contributed by atoms with Crippen molar-refractivity contribution in [1.82, 2.24) is 5.32 Å². The van der Waals surface area contributed by atoms with E-state index in [1.807, 2.05) is 0 Å². The molecule has 0 fully saturated rings. The molecule has 1 aromatic rings. The average Bonchev–Trinajstić information content (AvgIpc) is 2.33. The maximum atomic E-state index is 12.8. The van der Waals surface area contributed by atoms with E-state index >= 15 is 0 Å². The summed E-state index contributed by atoms with van der Waals surface area (Å²) >= 11 is 5.67. The van der Waals surface area contributed by atoms with Gasteiger partial charge in [0, 0.05) is 6.42 Å². The van der Waals surface area contributed by atoms with Crippen LogP contribution in [-0.4, -0.2) is 34.1 Å². The van der Waals surface area contributed by atoms with Gasteiger partial charge in [0.1, 0.15) is 11.9 Å². The Labute approximate surface area is 118 Å². The minimum atomic E-state index is -1.36. The standard InChI is InChI=1S/C12H11ClFNO5/c13-8-5-6(14)1-2-7(8)11(18)15-9(12(19)20)3-4-10(16)17/h1-2,5,9H,3-4H2,(H,15,18)(H,16,17)(H,19,20)/t9-/m0/s1. The van der Waals surface area contributed by atoms with Gasteiger partial charge in [-0.3, -0.25) is 9.59 Å². The van der Waals surface area contributed by atoms with E-state index in [9.17, 15) is 18.8 Å². The lowest BCUT2D eigenvalue weighted by atomic mass is 10.1. The fraction of sp³-hybridized carbons (Fsp3) is 0.250. The number of amides is 1. The van der Waals surface area contributed by atoms with Crippen LogP contribution in [0.25, 0.3) is 0 Å². The number of carboxylic acid groups (broad SMARTS) is 2. The molecule has 0 unspecified atom stereocenters. The van der Waals surface area contributed by atoms with Crippen LogP contribution in [0.3, 0.4) is 0 Å². The molecule has 0 heterocycles. The first-order valence-electron chi connectivity index (χ1n) is 5.51. The minimum Gasteiger partial charge on any atom is -0.481 e. The van der Waals surface area contributed by atoms with E-state index in [2.05, 4.69) is 5.32 Å². The van der Waals surface area contributed by atoms with Crippen molar-refractivity contribution in [2.24, 2.45) is 0 Å². The summed E-state index contributed by atoms with van der Waals surface area (Å²) in [5, 5.41) is 19.4. The molecular formula is C12H11ClFNO5. The molecule has 1 atom stereocenters. The first kappa shape index (κ1) is 15.9. The lowest BCUT2D eigenvalue weighted by Crippen LogP contribution is -2.41. The summed E-state index contributed by atoms with van der Waals surface area (Å²) in [5.74, 6) is -3.98. The molecule has 1 rings (SSSR count). The van der Waals surface area contributed by atoms with Crippen molar-refractivity contribution in [2.45, 2.75) is 18.9 Å². The van der Waals surface area contributed by atoms with Gasteiger partial charge in [0.05, 0.1) is 10.6 Å². The molecule has 0 aromatic heterocycles. The Balaban J connectivity index is 2.80. The van der Waals surface area contributed by atoms with Gasteiger partial charge >= 0.3 is 11.9 Å². The Hall–Kier alpha value is -2.15. The third-order valence-electron chi connectivity index (χ3n) is 2.43. The van der Waals surface area contributed by atoms with Gasteiger partial charge in [-0.15, -0.1) is 0 Å². The van der Waals surface area contributed by atoms with Crippen LogP contribution in [0.1, 0.15) is 23.2 Å². The Morgan fingerprint density at radius 3 is 2.45 bits per heavy atom. The van der Waals surface area contributed by atoms with Crippen molar-refractivity contribution in [3.63, 3.8) is 0 Å². The molecule has 0 aliphatic rings. The van der Waals surface area contributed by atoms with E-state index in [1.165, 1.54) is 0 Å². The van der Waals surface area contributed by atoms with Crippen molar-refractivity contribution >= 4 is 29.4 Å². The molecule has 8 heteroatoms. The van der Waals surface area contributed by atoms with Crippen molar-refractivity contribution in [1.29, 1.82) is 0 Å². The minimum absolute atomic E-state index is 0.0883. The first-order chi connectivity index (χ1) is 9.31. The summed E-state index contributed by atoms with van der Waals surface area (Å²) in [6.07, 6.45) is -0.677. The van der Waals surface area contributed by atoms with E-state index in [1.54, 1.807) is 0 Å². The summed E-state index contributed by atoms with van der Waals surface area (Å²) in [6, 6.07) is 1.68. The summed E-state index contributed by atoms with van der Waals surface area (Å²) in [5.41, 5.74) is -0.0883. The Kier molecular flexibility index (Phi) is 5.45. The SMILES string of the molecule is O=C(O)CC[C@H](NC(=O)c1ccc(F)cc1Cl)C(=O)O. The fourth-order valence-corrected chi connectivity index (χ4v) is 1.69. The molecule has 0 bridgehead atoms. The number of benzene rings is 1. The van der Waals surface area contributed by atoms with E-state index < -0.39 is 36.1 Å². The number of hydrogen-bond donors (Lipinski definition) is 3. The smallest absolute Gasteiger partial charge is 0.326 e. The number of carbonyl (C=O) groups is 3. The van der Waals surface area contributed by atoms with E-state index in [0.717, 1.165) is 18.2 Å². The van der Waals surface area contributed by atoms with Gasteiger partial charge < -0.3 is 15.5 Å². The summed E-state index contributed by atoms with van der Waals surface area (Å²) in [7, 11) is 0. The summed E-state index contributed by atoms with van der Waals surface area (Å²) < 4.78 is 12.8. The monoisotopic (exact) mass is 303 g/mol. The second-order valence-electron chi connectivity index (χ2n) is 3.92. The molecule has 0 radical (unpaired) electrons. The van der Waals surface area contributed by atoms with E-state index in [0.29, 0.717) is 0 Å². The summed E-state index contributed by atoms with van der Waals surface area (Å²) in [6.45, 7) is 0. The highest BCUT2D eigenvalue weighted by Crippen LogP contribution is 2.17. The number of aliphatic carboxylic acids is 2. The van der Waals surface area contributed by atoms with Crippen molar-refractivity contribution in [3.05, 3.63) is 34.6 Å². The molecule has 1 aromatic carbocycles. The van der Waals surface area contributed by atoms with Crippen molar-refractivity contribution in [3.8, 4) is 0 Å². The van der Waals surface area contributed by atoms with Crippen molar-refractivity contribution < 1.29 is 29.0 Å². The van der Waals surface area contributed by atoms with E-state index in [4.69, 9.17) is 21.8 Å². The molecular weight excluding hydrogens is 293 g/mol. The highest BCUT2D eigenvalue weighted by molar-refractivity contribution is 6.33. The number of nitrogens with one attached hydrogen (secondary N) is 1. The predicted octanol–water partition coefficient (Wildman–Crippen LogP) is 1.53. The van der Waals surface area contributed by atoms with Gasteiger partial charge in [-0.05, 0) is 24.6 Å². The van der Waals surface area contributed by atoms with Crippen LogP contribution in [0.15, 0.2) is 18.2 Å². The van der Waals surface area contributed by atoms with Gasteiger partial charge in [0.15, 0.2) is 0 Å². The molecule has 108 valence electrons. The predicted molar refractivity (Wildman–Crippen MR) is 67.2 cm³/mol. The highest BCUT2D eigenvalue weighted by atomic mass is 35.5. The van der Waals surface area contributed by atoms with Crippen LogP contribution in [0.4, 0.5) is 4.39 Å². The molecule has 0 aliphatic carbocycles. The number of rotatable bonds is 6. The molecule has 1 amide bonds. The number of hydrogen-bond acceptors (Lipinski definition) is 3. The van der Waals surface area contributed by atoms with Gasteiger partial charge in [-0.1, -0.05) is 11.6 Å². The molecule has 0 spiro atoms. The largest absolute Gasteiger partial charge is 0.481 e. The Morgan fingerprint density at radius 2 is 1.95 bits per heavy atom. The Bertz CT molecular complexity index is 549. The normalized spacial score (nSPS) is 11.7. The van der Waals surface area contributed by atoms with Gasteiger partial charge in [-0.2, -0.15) is 0 Å². The highest BCUT2D eigenvalue weighted by Gasteiger charge is 2.22. The fourth-order valence-electron chi connectivity index (χ4n) is 1.43. The zero-order chi connectivity index (χ0) is 15.3. The molecule has 0 saturated heterocycles. The molecule has 0 aliphatic heterocycles. The topological polar surface area (TPSA) is 104 Å². The third-order valence-corrected chi connectivity index (χ3v) is 2.74. The van der Waals surface area contributed by atoms with Crippen LogP contribution in [0.5, 0.6) is 0 Å². The zero-order valence-corrected chi connectivity index (χ0v) is 10.9. The van der Waals surface area contributed by atoms with Crippen LogP contribution < -0.4 is 5.32 Å². The average molecular weight is 304 g/mol. The lowest BCUT2D eigenvalue weighted by molar-refractivity contribution is -0.140. The quantitative estimate of drug-likeness (QED) is 0.739. The van der Waals surface area contributed by atoms with Crippen LogP contribution >= 0.6 is 11.6 Å². The maximum absolute atomic E-state index is 12.8. The summed E-state index contributed by atoms with van der Waals surface area (Å²) in [4.78, 5) is 33.1. The van der Waals surface area contributed by atoms with Crippen LogP contribution in [0, 0.1) is 5.82 Å². The molecule has 20 heavy (non-hydrogen) atoms. The molecule has 0 saturated carbocycles. The van der Waals surface area contributed by atoms with Crippen LogP contribution in [0.2, 0.25) is 5.02 Å².